The Labute approximate surface area is 141 Å². The van der Waals surface area contributed by atoms with Crippen LogP contribution in [-0.4, -0.2) is 36.5 Å². The summed E-state index contributed by atoms with van der Waals surface area (Å²) in [6.07, 6.45) is 4.92. The number of carbonyl (C=O) groups is 1. The Hall–Kier alpha value is -1.35. The molecule has 2 atom stereocenters. The maximum Gasteiger partial charge on any atom is 0.222 e. The molecule has 2 unspecified atom stereocenters. The van der Waals surface area contributed by atoms with E-state index in [0.29, 0.717) is 24.3 Å². The highest BCUT2D eigenvalue weighted by Crippen LogP contribution is 2.18. The molecule has 1 amide bonds. The van der Waals surface area contributed by atoms with Crippen LogP contribution in [0.4, 0.5) is 0 Å². The highest BCUT2D eigenvalue weighted by molar-refractivity contribution is 5.76. The van der Waals surface area contributed by atoms with Crippen molar-refractivity contribution in [1.29, 1.82) is 0 Å². The van der Waals surface area contributed by atoms with Gasteiger partial charge in [0.25, 0.3) is 0 Å². The van der Waals surface area contributed by atoms with E-state index >= 15 is 0 Å². The third-order valence-corrected chi connectivity index (χ3v) is 5.09. The third-order valence-electron chi connectivity index (χ3n) is 5.09. The first-order valence-corrected chi connectivity index (χ1v) is 9.19. The van der Waals surface area contributed by atoms with Gasteiger partial charge in [-0.3, -0.25) is 4.79 Å². The number of amides is 1. The minimum Gasteiger partial charge on any atom is -0.340 e. The van der Waals surface area contributed by atoms with Crippen LogP contribution in [-0.2, 0) is 11.2 Å². The lowest BCUT2D eigenvalue weighted by Gasteiger charge is -2.31. The SMILES string of the molecule is CCC(Cc1ccc(C)cc1)N(CC)C(=O)CCC1CCNC1. The number of aryl methyl sites for hydroxylation is 1. The van der Waals surface area contributed by atoms with Crippen molar-refractivity contribution < 1.29 is 4.79 Å². The molecule has 3 heteroatoms. The molecule has 0 saturated carbocycles. The van der Waals surface area contributed by atoms with Crippen LogP contribution < -0.4 is 5.32 Å². The molecular formula is C20H32N2O. The Bertz CT molecular complexity index is 477. The molecule has 1 aliphatic heterocycles. The largest absolute Gasteiger partial charge is 0.340 e. The van der Waals surface area contributed by atoms with E-state index in [1.807, 2.05) is 0 Å². The second-order valence-electron chi connectivity index (χ2n) is 6.83. The summed E-state index contributed by atoms with van der Waals surface area (Å²) in [6, 6.07) is 9.03. The molecular weight excluding hydrogens is 284 g/mol. The van der Waals surface area contributed by atoms with Gasteiger partial charge >= 0.3 is 0 Å². The fourth-order valence-corrected chi connectivity index (χ4v) is 3.54. The molecule has 1 fully saturated rings. The highest BCUT2D eigenvalue weighted by atomic mass is 16.2. The predicted octanol–water partition coefficient (Wildman–Crippen LogP) is 3.55. The normalized spacial score (nSPS) is 18.8. The van der Waals surface area contributed by atoms with Crippen molar-refractivity contribution in [2.24, 2.45) is 5.92 Å². The summed E-state index contributed by atoms with van der Waals surface area (Å²) in [5, 5.41) is 3.39. The molecule has 0 radical (unpaired) electrons. The van der Waals surface area contributed by atoms with Crippen molar-refractivity contribution in [2.75, 3.05) is 19.6 Å². The number of nitrogens with zero attached hydrogens (tertiary/aromatic N) is 1. The molecule has 0 spiro atoms. The first-order valence-electron chi connectivity index (χ1n) is 9.19. The lowest BCUT2D eigenvalue weighted by Crippen LogP contribution is -2.41. The summed E-state index contributed by atoms with van der Waals surface area (Å²) in [6.45, 7) is 9.41. The van der Waals surface area contributed by atoms with Crippen LogP contribution in [0.2, 0.25) is 0 Å². The van der Waals surface area contributed by atoms with Gasteiger partial charge in [-0.25, -0.2) is 0 Å². The van der Waals surface area contributed by atoms with Crippen LogP contribution in [0.5, 0.6) is 0 Å². The van der Waals surface area contributed by atoms with Crippen molar-refractivity contribution in [1.82, 2.24) is 10.2 Å². The first kappa shape index (κ1) is 18.0. The summed E-state index contributed by atoms with van der Waals surface area (Å²) < 4.78 is 0. The summed E-state index contributed by atoms with van der Waals surface area (Å²) in [4.78, 5) is 14.8. The van der Waals surface area contributed by atoms with Gasteiger partial charge in [-0.1, -0.05) is 36.8 Å². The third kappa shape index (κ3) is 5.35. The average Bonchev–Trinajstić information content (AvgIpc) is 3.08. The van der Waals surface area contributed by atoms with Crippen LogP contribution in [0.25, 0.3) is 0 Å². The number of benzene rings is 1. The number of carbonyl (C=O) groups excluding carboxylic acids is 1. The van der Waals surface area contributed by atoms with Crippen LogP contribution in [0.1, 0.15) is 50.7 Å². The number of hydrogen-bond acceptors (Lipinski definition) is 2. The summed E-state index contributed by atoms with van der Waals surface area (Å²) >= 11 is 0. The van der Waals surface area contributed by atoms with Gasteiger partial charge in [0.1, 0.15) is 0 Å². The minimum atomic E-state index is 0.317. The van der Waals surface area contributed by atoms with E-state index in [1.54, 1.807) is 0 Å². The smallest absolute Gasteiger partial charge is 0.222 e. The molecule has 1 saturated heterocycles. The quantitative estimate of drug-likeness (QED) is 0.795. The molecule has 0 aliphatic carbocycles. The van der Waals surface area contributed by atoms with Gasteiger partial charge in [0.05, 0.1) is 0 Å². The van der Waals surface area contributed by atoms with E-state index in [-0.39, 0.29) is 0 Å². The van der Waals surface area contributed by atoms with Crippen LogP contribution in [0, 0.1) is 12.8 Å². The highest BCUT2D eigenvalue weighted by Gasteiger charge is 2.23. The van der Waals surface area contributed by atoms with Crippen molar-refractivity contribution in [2.45, 2.75) is 58.9 Å². The molecule has 2 rings (SSSR count). The molecule has 1 aromatic carbocycles. The second kappa shape index (κ2) is 9.07. The fourth-order valence-electron chi connectivity index (χ4n) is 3.54. The van der Waals surface area contributed by atoms with E-state index in [4.69, 9.17) is 0 Å². The Balaban J connectivity index is 1.91. The molecule has 23 heavy (non-hydrogen) atoms. The Morgan fingerprint density at radius 2 is 2.04 bits per heavy atom. The molecule has 1 aliphatic rings. The van der Waals surface area contributed by atoms with E-state index in [0.717, 1.165) is 38.9 Å². The molecule has 1 aromatic rings. The predicted molar refractivity (Wildman–Crippen MR) is 96.6 cm³/mol. The first-order chi connectivity index (χ1) is 11.1. The Morgan fingerprint density at radius 3 is 2.61 bits per heavy atom. The van der Waals surface area contributed by atoms with Crippen molar-refractivity contribution in [3.05, 3.63) is 35.4 Å². The molecule has 1 heterocycles. The molecule has 0 bridgehead atoms. The number of likely N-dealkylation sites (N-methyl/N-ethyl adjacent to an activating group) is 1. The number of hydrogen-bond donors (Lipinski definition) is 1. The summed E-state index contributed by atoms with van der Waals surface area (Å²) in [5.41, 5.74) is 2.61. The topological polar surface area (TPSA) is 32.3 Å². The van der Waals surface area contributed by atoms with Crippen LogP contribution in [0.3, 0.4) is 0 Å². The summed E-state index contributed by atoms with van der Waals surface area (Å²) in [5.74, 6) is 1.02. The van der Waals surface area contributed by atoms with Crippen LogP contribution in [0.15, 0.2) is 24.3 Å². The van der Waals surface area contributed by atoms with Crippen molar-refractivity contribution >= 4 is 5.91 Å². The molecule has 1 N–H and O–H groups in total. The molecule has 0 aromatic heterocycles. The van der Waals surface area contributed by atoms with E-state index in [2.05, 4.69) is 55.3 Å². The van der Waals surface area contributed by atoms with Gasteiger partial charge in [-0.15, -0.1) is 0 Å². The number of nitrogens with one attached hydrogen (secondary N) is 1. The lowest BCUT2D eigenvalue weighted by molar-refractivity contribution is -0.133. The van der Waals surface area contributed by atoms with E-state index in [9.17, 15) is 4.79 Å². The zero-order valence-corrected chi connectivity index (χ0v) is 15.0. The van der Waals surface area contributed by atoms with Gasteiger partial charge < -0.3 is 10.2 Å². The standard InChI is InChI=1S/C20H32N2O/c1-4-19(14-17-8-6-16(3)7-9-17)22(5-2)20(23)11-10-18-12-13-21-15-18/h6-9,18-19,21H,4-5,10-15H2,1-3H3. The van der Waals surface area contributed by atoms with Gasteiger partial charge in [0.15, 0.2) is 0 Å². The van der Waals surface area contributed by atoms with Gasteiger partial charge in [0.2, 0.25) is 5.91 Å². The second-order valence-corrected chi connectivity index (χ2v) is 6.83. The molecule has 3 nitrogen and oxygen atoms in total. The van der Waals surface area contributed by atoms with Crippen LogP contribution >= 0.6 is 0 Å². The lowest BCUT2D eigenvalue weighted by atomic mass is 9.99. The minimum absolute atomic E-state index is 0.317. The number of rotatable bonds is 8. The zero-order valence-electron chi connectivity index (χ0n) is 15.0. The van der Waals surface area contributed by atoms with Crippen molar-refractivity contribution in [3.8, 4) is 0 Å². The van der Waals surface area contributed by atoms with Gasteiger partial charge in [-0.05, 0) is 64.1 Å². The van der Waals surface area contributed by atoms with E-state index in [1.165, 1.54) is 17.5 Å². The summed E-state index contributed by atoms with van der Waals surface area (Å²) in [7, 11) is 0. The zero-order chi connectivity index (χ0) is 16.7. The van der Waals surface area contributed by atoms with Crippen molar-refractivity contribution in [3.63, 3.8) is 0 Å². The Morgan fingerprint density at radius 1 is 1.30 bits per heavy atom. The van der Waals surface area contributed by atoms with Gasteiger partial charge in [0, 0.05) is 19.0 Å². The monoisotopic (exact) mass is 316 g/mol. The maximum absolute atomic E-state index is 12.7. The Kier molecular flexibility index (Phi) is 7.10. The average molecular weight is 316 g/mol. The van der Waals surface area contributed by atoms with E-state index < -0.39 is 0 Å². The maximum atomic E-state index is 12.7. The molecule has 128 valence electrons. The van der Waals surface area contributed by atoms with Gasteiger partial charge in [-0.2, -0.15) is 0 Å². The fraction of sp³-hybridized carbons (Fsp3) is 0.650.